The zero-order chi connectivity index (χ0) is 33.0. The summed E-state index contributed by atoms with van der Waals surface area (Å²) in [6.45, 7) is 0. The lowest BCUT2D eigenvalue weighted by molar-refractivity contribution is 1.08. The van der Waals surface area contributed by atoms with Crippen molar-refractivity contribution in [3.8, 4) is 56.9 Å². The molecule has 0 unspecified atom stereocenters. The third-order valence-corrected chi connectivity index (χ3v) is 9.55. The SMILES string of the molecule is c1ccc(-c2nnc(-c3ccccc3)n2-c2ccc3ccc4c(-n5c(-c6ccccc6)nnc5-c5ccccc5)ccc5ccc2c3c54)cc1. The zero-order valence-electron chi connectivity index (χ0n) is 26.8. The summed E-state index contributed by atoms with van der Waals surface area (Å²) >= 11 is 0. The van der Waals surface area contributed by atoms with Crippen LogP contribution in [0.4, 0.5) is 0 Å². The van der Waals surface area contributed by atoms with Gasteiger partial charge in [0.2, 0.25) is 0 Å². The van der Waals surface area contributed by atoms with E-state index in [-0.39, 0.29) is 0 Å². The Morgan fingerprint density at radius 3 is 0.860 bits per heavy atom. The second kappa shape index (κ2) is 11.4. The Morgan fingerprint density at radius 1 is 0.280 bits per heavy atom. The van der Waals surface area contributed by atoms with Gasteiger partial charge in [0.05, 0.1) is 11.4 Å². The average molecular weight is 641 g/mol. The van der Waals surface area contributed by atoms with Gasteiger partial charge in [-0.3, -0.25) is 9.13 Å². The quantitative estimate of drug-likeness (QED) is 0.170. The first-order chi connectivity index (χ1) is 24.8. The number of hydrogen-bond acceptors (Lipinski definition) is 4. The van der Waals surface area contributed by atoms with Crippen molar-refractivity contribution >= 4 is 32.3 Å². The van der Waals surface area contributed by atoms with Crippen LogP contribution in [-0.4, -0.2) is 29.5 Å². The molecule has 2 aromatic heterocycles. The molecule has 6 heteroatoms. The molecule has 6 nitrogen and oxygen atoms in total. The van der Waals surface area contributed by atoms with E-state index in [1.807, 2.05) is 72.8 Å². The smallest absolute Gasteiger partial charge is 0.168 e. The monoisotopic (exact) mass is 640 g/mol. The van der Waals surface area contributed by atoms with Gasteiger partial charge in [-0.1, -0.05) is 158 Å². The molecule has 50 heavy (non-hydrogen) atoms. The minimum atomic E-state index is 0.796. The predicted molar refractivity (Wildman–Crippen MR) is 202 cm³/mol. The molecule has 0 fully saturated rings. The molecule has 10 aromatic rings. The van der Waals surface area contributed by atoms with Gasteiger partial charge >= 0.3 is 0 Å². The third kappa shape index (κ3) is 4.36. The maximum Gasteiger partial charge on any atom is 0.168 e. The van der Waals surface area contributed by atoms with Gasteiger partial charge in [-0.2, -0.15) is 0 Å². The number of hydrogen-bond donors (Lipinski definition) is 0. The lowest BCUT2D eigenvalue weighted by Crippen LogP contribution is -2.03. The number of aromatic nitrogens is 6. The van der Waals surface area contributed by atoms with Crippen LogP contribution >= 0.6 is 0 Å². The molecule has 0 amide bonds. The van der Waals surface area contributed by atoms with Crippen LogP contribution in [0.5, 0.6) is 0 Å². The molecule has 0 saturated carbocycles. The van der Waals surface area contributed by atoms with E-state index in [9.17, 15) is 0 Å². The molecular formula is C44H28N6. The van der Waals surface area contributed by atoms with Crippen LogP contribution in [0.3, 0.4) is 0 Å². The van der Waals surface area contributed by atoms with E-state index in [2.05, 4.69) is 106 Å². The van der Waals surface area contributed by atoms with Crippen molar-refractivity contribution in [2.45, 2.75) is 0 Å². The number of nitrogens with zero attached hydrogens (tertiary/aromatic N) is 6. The molecule has 2 heterocycles. The van der Waals surface area contributed by atoms with Crippen molar-refractivity contribution in [3.63, 3.8) is 0 Å². The summed E-state index contributed by atoms with van der Waals surface area (Å²) in [4.78, 5) is 0. The molecule has 0 aliphatic carbocycles. The Bertz CT molecular complexity index is 2480. The van der Waals surface area contributed by atoms with Crippen LogP contribution < -0.4 is 0 Å². The highest BCUT2D eigenvalue weighted by atomic mass is 15.3. The Labute approximate surface area is 287 Å². The van der Waals surface area contributed by atoms with E-state index in [4.69, 9.17) is 20.4 Å². The van der Waals surface area contributed by atoms with Gasteiger partial charge in [-0.05, 0) is 33.7 Å². The number of benzene rings is 8. The zero-order valence-corrected chi connectivity index (χ0v) is 26.8. The fourth-order valence-electron chi connectivity index (χ4n) is 7.28. The molecule has 0 spiro atoms. The van der Waals surface area contributed by atoms with Crippen LogP contribution in [-0.2, 0) is 0 Å². The standard InChI is InChI=1S/C44H28N6/c1-5-13-31(14-6-1)41-45-46-42(32-15-7-2-8-16-32)49(41)37-27-23-29-22-26-36-38(28-24-30-21-25-35(37)39(29)40(30)36)50-43(33-17-9-3-10-18-33)47-48-44(50)34-19-11-4-12-20-34/h1-28H. The highest BCUT2D eigenvalue weighted by Gasteiger charge is 2.23. The van der Waals surface area contributed by atoms with E-state index >= 15 is 0 Å². The minimum Gasteiger partial charge on any atom is -0.274 e. The van der Waals surface area contributed by atoms with E-state index < -0.39 is 0 Å². The summed E-state index contributed by atoms with van der Waals surface area (Å²) in [5, 5.41) is 26.1. The van der Waals surface area contributed by atoms with Crippen LogP contribution in [0.2, 0.25) is 0 Å². The van der Waals surface area contributed by atoms with Crippen molar-refractivity contribution in [3.05, 3.63) is 170 Å². The first-order valence-electron chi connectivity index (χ1n) is 16.7. The molecule has 0 bridgehead atoms. The van der Waals surface area contributed by atoms with Crippen LogP contribution in [0.25, 0.3) is 89.2 Å². The molecule has 10 rings (SSSR count). The van der Waals surface area contributed by atoms with Crippen LogP contribution in [0.15, 0.2) is 170 Å². The van der Waals surface area contributed by atoms with Crippen molar-refractivity contribution in [1.82, 2.24) is 29.5 Å². The fraction of sp³-hybridized carbons (Fsp3) is 0. The lowest BCUT2D eigenvalue weighted by atomic mass is 9.92. The first kappa shape index (κ1) is 28.1. The second-order valence-electron chi connectivity index (χ2n) is 12.4. The normalized spacial score (nSPS) is 11.6. The molecule has 0 aliphatic rings. The van der Waals surface area contributed by atoms with Gasteiger partial charge in [0, 0.05) is 33.0 Å². The van der Waals surface area contributed by atoms with Gasteiger partial charge in [0.1, 0.15) is 0 Å². The summed E-state index contributed by atoms with van der Waals surface area (Å²) < 4.78 is 4.41. The largest absolute Gasteiger partial charge is 0.274 e. The van der Waals surface area contributed by atoms with Crippen molar-refractivity contribution in [1.29, 1.82) is 0 Å². The predicted octanol–water partition coefficient (Wildman–Crippen LogP) is 10.4. The van der Waals surface area contributed by atoms with Gasteiger partial charge < -0.3 is 0 Å². The maximum absolute atomic E-state index is 4.77. The van der Waals surface area contributed by atoms with Crippen molar-refractivity contribution < 1.29 is 0 Å². The first-order valence-corrected chi connectivity index (χ1v) is 16.7. The Morgan fingerprint density at radius 2 is 0.560 bits per heavy atom. The Balaban J connectivity index is 1.27. The van der Waals surface area contributed by atoms with Crippen LogP contribution in [0.1, 0.15) is 0 Å². The fourth-order valence-corrected chi connectivity index (χ4v) is 7.28. The molecule has 8 aromatic carbocycles. The van der Waals surface area contributed by atoms with Gasteiger partial charge in [0.25, 0.3) is 0 Å². The van der Waals surface area contributed by atoms with E-state index in [1.54, 1.807) is 0 Å². The molecule has 0 radical (unpaired) electrons. The molecule has 0 saturated heterocycles. The maximum atomic E-state index is 4.77. The third-order valence-electron chi connectivity index (χ3n) is 9.55. The number of rotatable bonds is 6. The molecule has 234 valence electrons. The summed E-state index contributed by atoms with van der Waals surface area (Å²) in [6.07, 6.45) is 0. The highest BCUT2D eigenvalue weighted by Crippen LogP contribution is 2.42. The average Bonchev–Trinajstić information content (AvgIpc) is 3.84. The summed E-state index contributed by atoms with van der Waals surface area (Å²) in [5.41, 5.74) is 6.07. The topological polar surface area (TPSA) is 61.4 Å². The highest BCUT2D eigenvalue weighted by molar-refractivity contribution is 6.26. The van der Waals surface area contributed by atoms with Crippen LogP contribution in [0, 0.1) is 0 Å². The van der Waals surface area contributed by atoms with E-state index in [0.29, 0.717) is 0 Å². The van der Waals surface area contributed by atoms with Gasteiger partial charge in [0.15, 0.2) is 23.3 Å². The minimum absolute atomic E-state index is 0.796. The van der Waals surface area contributed by atoms with Gasteiger partial charge in [-0.15, -0.1) is 20.4 Å². The summed E-state index contributed by atoms with van der Waals surface area (Å²) in [5.74, 6) is 3.18. The second-order valence-corrected chi connectivity index (χ2v) is 12.4. The van der Waals surface area contributed by atoms with E-state index in [0.717, 1.165) is 67.7 Å². The lowest BCUT2D eigenvalue weighted by Gasteiger charge is -2.19. The van der Waals surface area contributed by atoms with Gasteiger partial charge in [-0.25, -0.2) is 0 Å². The molecular weight excluding hydrogens is 613 g/mol. The van der Waals surface area contributed by atoms with Crippen molar-refractivity contribution in [2.75, 3.05) is 0 Å². The molecule has 0 aliphatic heterocycles. The molecule has 0 atom stereocenters. The summed E-state index contributed by atoms with van der Waals surface area (Å²) in [7, 11) is 0. The Kier molecular flexibility index (Phi) is 6.39. The van der Waals surface area contributed by atoms with Crippen molar-refractivity contribution in [2.24, 2.45) is 0 Å². The summed E-state index contributed by atoms with van der Waals surface area (Å²) in [6, 6.07) is 58.9. The molecule has 0 N–H and O–H groups in total. The Hall–Kier alpha value is -6.92. The van der Waals surface area contributed by atoms with E-state index in [1.165, 1.54) is 21.5 Å².